The highest BCUT2D eigenvalue weighted by Gasteiger charge is 2.30. The molecule has 0 aliphatic rings. The van der Waals surface area contributed by atoms with Gasteiger partial charge >= 0.3 is 0 Å². The summed E-state index contributed by atoms with van der Waals surface area (Å²) in [7, 11) is 0. The fraction of sp³-hybridized carbons (Fsp3) is 1.00. The van der Waals surface area contributed by atoms with Crippen LogP contribution in [0.5, 0.6) is 0 Å². The molecule has 16 heavy (non-hydrogen) atoms. The quantitative estimate of drug-likeness (QED) is 0.480. The van der Waals surface area contributed by atoms with Crippen molar-refractivity contribution in [2.24, 2.45) is 5.92 Å². The van der Waals surface area contributed by atoms with Crippen molar-refractivity contribution in [3.8, 4) is 0 Å². The smallest absolute Gasteiger partial charge is 0.0692 e. The molecule has 3 atom stereocenters. The molecule has 0 amide bonds. The molecule has 0 radical (unpaired) electrons. The molecule has 3 unspecified atom stereocenters. The Morgan fingerprint density at radius 1 is 1.25 bits per heavy atom. The summed E-state index contributed by atoms with van der Waals surface area (Å²) in [6, 6.07) is 0. The highest BCUT2D eigenvalue weighted by Crippen LogP contribution is 2.33. The lowest BCUT2D eigenvalue weighted by Crippen LogP contribution is -2.32. The molecule has 0 fully saturated rings. The first-order valence-electron chi connectivity index (χ1n) is 6.37. The van der Waals surface area contributed by atoms with Gasteiger partial charge in [0, 0.05) is 10.8 Å². The van der Waals surface area contributed by atoms with Crippen LogP contribution < -0.4 is 0 Å². The van der Waals surface area contributed by atoms with Crippen molar-refractivity contribution in [2.45, 2.75) is 70.3 Å². The number of alkyl halides is 2. The standard InChI is InChI=1S/C13H26Cl2O/c1-4-5-6-7-8-11(2)13(3,15)9-12(16)10-14/h11-12,16H,4-10H2,1-3H3. The summed E-state index contributed by atoms with van der Waals surface area (Å²) in [6.07, 6.45) is 6.30. The molecule has 0 spiro atoms. The Hall–Kier alpha value is 0.540. The van der Waals surface area contributed by atoms with Crippen LogP contribution in [0.4, 0.5) is 0 Å². The number of halogens is 2. The molecular formula is C13H26Cl2O. The summed E-state index contributed by atoms with van der Waals surface area (Å²) in [6.45, 7) is 6.39. The first-order chi connectivity index (χ1) is 7.44. The van der Waals surface area contributed by atoms with E-state index < -0.39 is 6.10 Å². The highest BCUT2D eigenvalue weighted by atomic mass is 35.5. The van der Waals surface area contributed by atoms with Crippen LogP contribution in [-0.2, 0) is 0 Å². The summed E-state index contributed by atoms with van der Waals surface area (Å²) in [5, 5.41) is 9.54. The van der Waals surface area contributed by atoms with E-state index in [1.807, 2.05) is 6.92 Å². The minimum Gasteiger partial charge on any atom is -0.392 e. The molecule has 0 saturated carbocycles. The normalized spacial score (nSPS) is 19.1. The van der Waals surface area contributed by atoms with E-state index in [0.29, 0.717) is 12.3 Å². The molecule has 0 rings (SSSR count). The van der Waals surface area contributed by atoms with Crippen LogP contribution in [-0.4, -0.2) is 22.0 Å². The lowest BCUT2D eigenvalue weighted by atomic mass is 9.86. The third kappa shape index (κ3) is 6.98. The second-order valence-corrected chi connectivity index (χ2v) is 6.21. The van der Waals surface area contributed by atoms with Crippen LogP contribution in [0.2, 0.25) is 0 Å². The van der Waals surface area contributed by atoms with Gasteiger partial charge in [-0.05, 0) is 25.7 Å². The van der Waals surface area contributed by atoms with Gasteiger partial charge in [-0.25, -0.2) is 0 Å². The molecule has 0 aromatic rings. The zero-order chi connectivity index (χ0) is 12.6. The Morgan fingerprint density at radius 2 is 1.88 bits per heavy atom. The maximum absolute atomic E-state index is 9.54. The van der Waals surface area contributed by atoms with Gasteiger partial charge in [-0.3, -0.25) is 0 Å². The van der Waals surface area contributed by atoms with E-state index in [1.54, 1.807) is 0 Å². The molecule has 0 aliphatic carbocycles. The summed E-state index contributed by atoms with van der Waals surface area (Å²) in [5.74, 6) is 0.689. The number of aliphatic hydroxyl groups excluding tert-OH is 1. The Labute approximate surface area is 111 Å². The van der Waals surface area contributed by atoms with Crippen LogP contribution in [0.25, 0.3) is 0 Å². The first kappa shape index (κ1) is 16.5. The minimum atomic E-state index is -0.484. The van der Waals surface area contributed by atoms with Crippen LogP contribution in [0.3, 0.4) is 0 Å². The van der Waals surface area contributed by atoms with Gasteiger partial charge in [-0.2, -0.15) is 0 Å². The monoisotopic (exact) mass is 268 g/mol. The molecular weight excluding hydrogens is 243 g/mol. The summed E-state index contributed by atoms with van der Waals surface area (Å²) >= 11 is 12.1. The molecule has 3 heteroatoms. The van der Waals surface area contributed by atoms with Gasteiger partial charge in [0.05, 0.1) is 6.10 Å². The largest absolute Gasteiger partial charge is 0.392 e. The maximum atomic E-state index is 9.54. The van der Waals surface area contributed by atoms with Crippen molar-refractivity contribution in [3.63, 3.8) is 0 Å². The second-order valence-electron chi connectivity index (χ2n) is 5.04. The van der Waals surface area contributed by atoms with Crippen molar-refractivity contribution in [1.82, 2.24) is 0 Å². The van der Waals surface area contributed by atoms with Gasteiger partial charge in [0.25, 0.3) is 0 Å². The van der Waals surface area contributed by atoms with E-state index in [2.05, 4.69) is 13.8 Å². The van der Waals surface area contributed by atoms with Crippen LogP contribution >= 0.6 is 23.2 Å². The van der Waals surface area contributed by atoms with Crippen molar-refractivity contribution in [3.05, 3.63) is 0 Å². The Morgan fingerprint density at radius 3 is 2.38 bits per heavy atom. The minimum absolute atomic E-state index is 0.269. The Kier molecular flexibility index (Phi) is 8.90. The SMILES string of the molecule is CCCCCCC(C)C(C)(Cl)CC(O)CCl. The maximum Gasteiger partial charge on any atom is 0.0692 e. The van der Waals surface area contributed by atoms with Crippen LogP contribution in [0.15, 0.2) is 0 Å². The van der Waals surface area contributed by atoms with Crippen molar-refractivity contribution in [1.29, 1.82) is 0 Å². The van der Waals surface area contributed by atoms with Crippen molar-refractivity contribution in [2.75, 3.05) is 5.88 Å². The zero-order valence-electron chi connectivity index (χ0n) is 10.8. The van der Waals surface area contributed by atoms with Gasteiger partial charge in [-0.15, -0.1) is 23.2 Å². The van der Waals surface area contributed by atoms with E-state index in [4.69, 9.17) is 23.2 Å². The Bertz CT molecular complexity index is 171. The first-order valence-corrected chi connectivity index (χ1v) is 7.28. The number of hydrogen-bond acceptors (Lipinski definition) is 1. The summed E-state index contributed by atoms with van der Waals surface area (Å²) in [5.41, 5.74) is 0. The number of unbranched alkanes of at least 4 members (excludes halogenated alkanes) is 3. The highest BCUT2D eigenvalue weighted by molar-refractivity contribution is 6.24. The predicted octanol–water partition coefficient (Wildman–Crippen LogP) is 4.58. The van der Waals surface area contributed by atoms with Gasteiger partial charge in [0.15, 0.2) is 0 Å². The van der Waals surface area contributed by atoms with Gasteiger partial charge in [0.1, 0.15) is 0 Å². The fourth-order valence-corrected chi connectivity index (χ4v) is 2.29. The third-order valence-electron chi connectivity index (χ3n) is 3.33. The second kappa shape index (κ2) is 8.60. The van der Waals surface area contributed by atoms with Gasteiger partial charge in [0.2, 0.25) is 0 Å². The van der Waals surface area contributed by atoms with E-state index in [1.165, 1.54) is 25.7 Å². The van der Waals surface area contributed by atoms with E-state index in [9.17, 15) is 5.11 Å². The van der Waals surface area contributed by atoms with Crippen LogP contribution in [0, 0.1) is 5.92 Å². The van der Waals surface area contributed by atoms with E-state index >= 15 is 0 Å². The molecule has 0 aromatic carbocycles. The average Bonchev–Trinajstić information content (AvgIpc) is 2.23. The third-order valence-corrected chi connectivity index (χ3v) is 4.21. The average molecular weight is 269 g/mol. The van der Waals surface area contributed by atoms with E-state index in [-0.39, 0.29) is 10.8 Å². The molecule has 1 nitrogen and oxygen atoms in total. The Balaban J connectivity index is 3.88. The van der Waals surface area contributed by atoms with Gasteiger partial charge in [-0.1, -0.05) is 39.5 Å². The molecule has 0 saturated heterocycles. The number of aliphatic hydroxyl groups is 1. The predicted molar refractivity (Wildman–Crippen MR) is 73.5 cm³/mol. The van der Waals surface area contributed by atoms with Crippen molar-refractivity contribution < 1.29 is 5.11 Å². The van der Waals surface area contributed by atoms with Crippen LogP contribution in [0.1, 0.15) is 59.3 Å². The summed E-state index contributed by atoms with van der Waals surface area (Å²) < 4.78 is 0. The molecule has 0 aromatic heterocycles. The van der Waals surface area contributed by atoms with E-state index in [0.717, 1.165) is 6.42 Å². The number of hydrogen-bond donors (Lipinski definition) is 1. The number of rotatable bonds is 9. The molecule has 1 N–H and O–H groups in total. The molecule has 0 bridgehead atoms. The fourth-order valence-electron chi connectivity index (χ4n) is 1.89. The van der Waals surface area contributed by atoms with Crippen molar-refractivity contribution >= 4 is 23.2 Å². The zero-order valence-corrected chi connectivity index (χ0v) is 12.3. The molecule has 0 aliphatic heterocycles. The topological polar surface area (TPSA) is 20.2 Å². The van der Waals surface area contributed by atoms with Gasteiger partial charge < -0.3 is 5.11 Å². The molecule has 98 valence electrons. The lowest BCUT2D eigenvalue weighted by Gasteiger charge is -2.31. The summed E-state index contributed by atoms with van der Waals surface area (Å²) in [4.78, 5) is -0.333. The lowest BCUT2D eigenvalue weighted by molar-refractivity contribution is 0.158. The molecule has 0 heterocycles.